The van der Waals surface area contributed by atoms with Crippen molar-refractivity contribution < 1.29 is 4.42 Å². The van der Waals surface area contributed by atoms with Gasteiger partial charge >= 0.3 is 0 Å². The molecule has 0 amide bonds. The third kappa shape index (κ3) is 2.41. The fourth-order valence-electron chi connectivity index (χ4n) is 1.73. The Hall–Kier alpha value is -0.600. The monoisotopic (exact) mass is 492 g/mol. The number of nitrogens with zero attached hydrogens (tertiary/aromatic N) is 1. The van der Waals surface area contributed by atoms with Crippen molar-refractivity contribution in [3.05, 3.63) is 42.8 Å². The van der Waals surface area contributed by atoms with Crippen molar-refractivity contribution >= 4 is 71.2 Å². The Morgan fingerprint density at radius 1 is 1.16 bits per heavy atom. The number of hydrogen-bond acceptors (Lipinski definition) is 3. The minimum atomic E-state index is 0.588. The lowest BCUT2D eigenvalue weighted by molar-refractivity contribution is 0.618. The maximum atomic E-state index is 5.93. The van der Waals surface area contributed by atoms with Crippen LogP contribution in [0, 0.1) is 3.57 Å². The Balaban J connectivity index is 2.22. The maximum absolute atomic E-state index is 5.93. The first-order valence-electron chi connectivity index (χ1n) is 5.36. The smallest absolute Gasteiger partial charge is 0.227 e. The Morgan fingerprint density at radius 2 is 1.84 bits per heavy atom. The normalized spacial score (nSPS) is 11.1. The molecule has 0 saturated heterocycles. The van der Waals surface area contributed by atoms with E-state index in [1.54, 1.807) is 0 Å². The molecule has 19 heavy (non-hydrogen) atoms. The van der Waals surface area contributed by atoms with Crippen LogP contribution in [0.3, 0.4) is 0 Å². The molecule has 96 valence electrons. The van der Waals surface area contributed by atoms with E-state index >= 15 is 0 Å². The fourth-order valence-corrected chi connectivity index (χ4v) is 3.27. The molecular formula is C13H7Br2IN2O. The van der Waals surface area contributed by atoms with E-state index in [9.17, 15) is 0 Å². The van der Waals surface area contributed by atoms with Crippen molar-refractivity contribution in [3.8, 4) is 11.5 Å². The summed E-state index contributed by atoms with van der Waals surface area (Å²) in [6.45, 7) is 0. The molecule has 2 N–H and O–H groups in total. The van der Waals surface area contributed by atoms with Gasteiger partial charge in [-0.2, -0.15) is 0 Å². The topological polar surface area (TPSA) is 52.0 Å². The zero-order valence-corrected chi connectivity index (χ0v) is 14.8. The number of nitrogen functional groups attached to an aromatic ring is 1. The van der Waals surface area contributed by atoms with E-state index in [0.717, 1.165) is 20.0 Å². The van der Waals surface area contributed by atoms with Crippen molar-refractivity contribution in [2.24, 2.45) is 0 Å². The van der Waals surface area contributed by atoms with Gasteiger partial charge in [-0.15, -0.1) is 0 Å². The minimum Gasteiger partial charge on any atom is -0.435 e. The Kier molecular flexibility index (Phi) is 3.57. The van der Waals surface area contributed by atoms with Gasteiger partial charge in [0.25, 0.3) is 0 Å². The highest BCUT2D eigenvalue weighted by atomic mass is 127. The number of nitrogens with two attached hydrogens (primary N) is 1. The first-order valence-corrected chi connectivity index (χ1v) is 8.02. The molecule has 3 rings (SSSR count). The van der Waals surface area contributed by atoms with Gasteiger partial charge in [0.05, 0.1) is 10.2 Å². The molecule has 0 unspecified atom stereocenters. The van der Waals surface area contributed by atoms with Crippen molar-refractivity contribution in [1.82, 2.24) is 4.98 Å². The van der Waals surface area contributed by atoms with E-state index in [-0.39, 0.29) is 0 Å². The van der Waals surface area contributed by atoms with Crippen LogP contribution in [0.25, 0.3) is 22.6 Å². The van der Waals surface area contributed by atoms with Gasteiger partial charge in [-0.3, -0.25) is 0 Å². The number of fused-ring (bicyclic) bond motifs is 1. The lowest BCUT2D eigenvalue weighted by Gasteiger charge is -2.00. The van der Waals surface area contributed by atoms with Crippen molar-refractivity contribution in [2.45, 2.75) is 0 Å². The van der Waals surface area contributed by atoms with Crippen LogP contribution in [0.15, 0.2) is 43.7 Å². The van der Waals surface area contributed by atoms with Gasteiger partial charge in [-0.05, 0) is 84.8 Å². The van der Waals surface area contributed by atoms with Crippen LogP contribution in [0.5, 0.6) is 0 Å². The predicted molar refractivity (Wildman–Crippen MR) is 92.0 cm³/mol. The van der Waals surface area contributed by atoms with E-state index in [4.69, 9.17) is 10.2 Å². The first kappa shape index (κ1) is 13.4. The van der Waals surface area contributed by atoms with E-state index in [2.05, 4.69) is 59.4 Å². The number of halogens is 3. The summed E-state index contributed by atoms with van der Waals surface area (Å²) in [4.78, 5) is 4.49. The first-order chi connectivity index (χ1) is 9.06. The quantitative estimate of drug-likeness (QED) is 0.374. The van der Waals surface area contributed by atoms with Gasteiger partial charge in [0.1, 0.15) is 5.52 Å². The summed E-state index contributed by atoms with van der Waals surface area (Å²) < 4.78 is 8.49. The lowest BCUT2D eigenvalue weighted by atomic mass is 10.2. The average molecular weight is 494 g/mol. The zero-order valence-electron chi connectivity index (χ0n) is 9.45. The third-order valence-corrected chi connectivity index (χ3v) is 4.86. The van der Waals surface area contributed by atoms with E-state index in [1.807, 2.05) is 30.3 Å². The molecule has 0 saturated carbocycles. The van der Waals surface area contributed by atoms with E-state index in [1.165, 1.54) is 3.57 Å². The lowest BCUT2D eigenvalue weighted by Crippen LogP contribution is -1.88. The van der Waals surface area contributed by atoms with Crippen LogP contribution in [0.2, 0.25) is 0 Å². The van der Waals surface area contributed by atoms with Crippen LogP contribution in [0.4, 0.5) is 5.69 Å². The molecule has 0 aliphatic carbocycles. The largest absolute Gasteiger partial charge is 0.435 e. The molecule has 0 fully saturated rings. The van der Waals surface area contributed by atoms with Gasteiger partial charge in [-0.1, -0.05) is 0 Å². The Labute approximate surface area is 140 Å². The molecule has 0 radical (unpaired) electrons. The number of anilines is 1. The highest BCUT2D eigenvalue weighted by Crippen LogP contribution is 2.37. The third-order valence-electron chi connectivity index (χ3n) is 2.70. The van der Waals surface area contributed by atoms with Crippen LogP contribution >= 0.6 is 54.5 Å². The van der Waals surface area contributed by atoms with Crippen molar-refractivity contribution in [3.63, 3.8) is 0 Å². The van der Waals surface area contributed by atoms with Crippen molar-refractivity contribution in [2.75, 3.05) is 5.73 Å². The molecule has 6 heteroatoms. The zero-order chi connectivity index (χ0) is 13.6. The van der Waals surface area contributed by atoms with Gasteiger partial charge < -0.3 is 10.2 Å². The standard InChI is InChI=1S/C13H7Br2IN2O/c14-8-5-9-12(10(15)11(8)17)19-13(18-9)6-1-3-7(16)4-2-6/h1-5H,17H2. The second-order valence-corrected chi connectivity index (χ2v) is 6.85. The Morgan fingerprint density at radius 3 is 2.53 bits per heavy atom. The summed E-state index contributed by atoms with van der Waals surface area (Å²) in [6.07, 6.45) is 0. The average Bonchev–Trinajstić information content (AvgIpc) is 2.81. The maximum Gasteiger partial charge on any atom is 0.227 e. The van der Waals surface area contributed by atoms with Gasteiger partial charge in [-0.25, -0.2) is 4.98 Å². The van der Waals surface area contributed by atoms with Gasteiger partial charge in [0, 0.05) is 13.6 Å². The summed E-state index contributed by atoms with van der Waals surface area (Å²) in [6, 6.07) is 9.86. The molecule has 1 heterocycles. The van der Waals surface area contributed by atoms with Crippen LogP contribution < -0.4 is 5.73 Å². The van der Waals surface area contributed by atoms with Crippen molar-refractivity contribution in [1.29, 1.82) is 0 Å². The summed E-state index contributed by atoms with van der Waals surface area (Å²) in [5.41, 5.74) is 8.91. The van der Waals surface area contributed by atoms with Gasteiger partial charge in [0.2, 0.25) is 5.89 Å². The predicted octanol–water partition coefficient (Wildman–Crippen LogP) is 5.21. The number of oxazole rings is 1. The molecule has 0 spiro atoms. The molecular weight excluding hydrogens is 487 g/mol. The molecule has 3 nitrogen and oxygen atoms in total. The highest BCUT2D eigenvalue weighted by molar-refractivity contribution is 14.1. The van der Waals surface area contributed by atoms with Crippen LogP contribution in [-0.4, -0.2) is 4.98 Å². The SMILES string of the molecule is Nc1c(Br)cc2nc(-c3ccc(I)cc3)oc2c1Br. The molecule has 3 aromatic rings. The van der Waals surface area contributed by atoms with E-state index in [0.29, 0.717) is 17.2 Å². The molecule has 1 aromatic heterocycles. The molecule has 0 aliphatic rings. The fraction of sp³-hybridized carbons (Fsp3) is 0. The summed E-state index contributed by atoms with van der Waals surface area (Å²) in [5.74, 6) is 0.588. The summed E-state index contributed by atoms with van der Waals surface area (Å²) in [7, 11) is 0. The number of aromatic nitrogens is 1. The highest BCUT2D eigenvalue weighted by Gasteiger charge is 2.15. The second-order valence-electron chi connectivity index (χ2n) is 3.96. The Bertz CT molecular complexity index is 768. The van der Waals surface area contributed by atoms with Crippen LogP contribution in [-0.2, 0) is 0 Å². The van der Waals surface area contributed by atoms with Gasteiger partial charge in [0.15, 0.2) is 5.58 Å². The number of rotatable bonds is 1. The summed E-state index contributed by atoms with van der Waals surface area (Å²) >= 11 is 9.11. The van der Waals surface area contributed by atoms with E-state index < -0.39 is 0 Å². The minimum absolute atomic E-state index is 0.588. The number of hydrogen-bond donors (Lipinski definition) is 1. The van der Waals surface area contributed by atoms with Crippen LogP contribution in [0.1, 0.15) is 0 Å². The number of benzene rings is 2. The molecule has 0 aliphatic heterocycles. The second kappa shape index (κ2) is 5.06. The molecule has 0 bridgehead atoms. The molecule has 2 aromatic carbocycles. The molecule has 0 atom stereocenters. The summed E-state index contributed by atoms with van der Waals surface area (Å²) in [5, 5.41) is 0.